The fraction of sp³-hybridized carbons (Fsp3) is 0.900. The molecule has 1 atom stereocenters. The molecular formula is C10H20N2O2. The van der Waals surface area contributed by atoms with E-state index in [4.69, 9.17) is 4.74 Å². The van der Waals surface area contributed by atoms with Crippen LogP contribution in [0.25, 0.3) is 0 Å². The number of ether oxygens (including phenoxy) is 1. The van der Waals surface area contributed by atoms with E-state index in [0.29, 0.717) is 19.2 Å². The number of nitrogens with zero attached hydrogens (tertiary/aromatic N) is 1. The molecule has 1 fully saturated rings. The number of carbonyl (C=O) groups is 1. The highest BCUT2D eigenvalue weighted by Crippen LogP contribution is 2.27. The number of amides is 1. The minimum Gasteiger partial charge on any atom is -0.383 e. The van der Waals surface area contributed by atoms with Crippen LogP contribution in [0.3, 0.4) is 0 Å². The summed E-state index contributed by atoms with van der Waals surface area (Å²) in [4.78, 5) is 13.8. The summed E-state index contributed by atoms with van der Waals surface area (Å²) in [5.41, 5.74) is 0. The molecule has 0 aromatic carbocycles. The SMILES string of the molecule is CNC(C)C(=O)N(CCOC)C1CC1. The molecule has 1 rings (SSSR count). The molecule has 82 valence electrons. The largest absolute Gasteiger partial charge is 0.383 e. The van der Waals surface area contributed by atoms with Crippen LogP contribution in [-0.4, -0.2) is 50.2 Å². The van der Waals surface area contributed by atoms with Crippen molar-refractivity contribution in [1.29, 1.82) is 0 Å². The Labute approximate surface area is 85.6 Å². The Bertz CT molecular complexity index is 193. The molecule has 1 amide bonds. The van der Waals surface area contributed by atoms with Gasteiger partial charge in [-0.15, -0.1) is 0 Å². The average molecular weight is 200 g/mol. The van der Waals surface area contributed by atoms with E-state index < -0.39 is 0 Å². The molecule has 1 unspecified atom stereocenters. The van der Waals surface area contributed by atoms with Crippen LogP contribution in [0.2, 0.25) is 0 Å². The molecule has 1 saturated carbocycles. The van der Waals surface area contributed by atoms with Crippen molar-refractivity contribution in [3.63, 3.8) is 0 Å². The van der Waals surface area contributed by atoms with Crippen LogP contribution in [0, 0.1) is 0 Å². The van der Waals surface area contributed by atoms with Crippen LogP contribution in [-0.2, 0) is 9.53 Å². The van der Waals surface area contributed by atoms with Crippen LogP contribution in [0.4, 0.5) is 0 Å². The fourth-order valence-corrected chi connectivity index (χ4v) is 1.42. The fourth-order valence-electron chi connectivity index (χ4n) is 1.42. The molecule has 1 aliphatic carbocycles. The first-order valence-corrected chi connectivity index (χ1v) is 5.17. The van der Waals surface area contributed by atoms with Crippen molar-refractivity contribution < 1.29 is 9.53 Å². The third-order valence-electron chi connectivity index (χ3n) is 2.61. The highest BCUT2D eigenvalue weighted by molar-refractivity contribution is 5.82. The standard InChI is InChI=1S/C10H20N2O2/c1-8(11-2)10(13)12(6-7-14-3)9-4-5-9/h8-9,11H,4-7H2,1-3H3. The minimum absolute atomic E-state index is 0.0903. The van der Waals surface area contributed by atoms with Crippen molar-refractivity contribution in [2.75, 3.05) is 27.3 Å². The first-order valence-electron chi connectivity index (χ1n) is 5.17. The van der Waals surface area contributed by atoms with Crippen molar-refractivity contribution in [3.8, 4) is 0 Å². The second kappa shape index (κ2) is 5.32. The van der Waals surface area contributed by atoms with Gasteiger partial charge >= 0.3 is 0 Å². The second-order valence-corrected chi connectivity index (χ2v) is 3.77. The van der Waals surface area contributed by atoms with Crippen molar-refractivity contribution in [2.45, 2.75) is 31.8 Å². The molecule has 0 heterocycles. The zero-order chi connectivity index (χ0) is 10.6. The molecule has 4 nitrogen and oxygen atoms in total. The maximum Gasteiger partial charge on any atom is 0.239 e. The van der Waals surface area contributed by atoms with Gasteiger partial charge in [0, 0.05) is 19.7 Å². The Morgan fingerprint density at radius 3 is 2.71 bits per heavy atom. The van der Waals surface area contributed by atoms with Crippen LogP contribution in [0.5, 0.6) is 0 Å². The average Bonchev–Trinajstić information content (AvgIpc) is 3.01. The van der Waals surface area contributed by atoms with Gasteiger partial charge in [-0.25, -0.2) is 0 Å². The number of likely N-dealkylation sites (N-methyl/N-ethyl adjacent to an activating group) is 1. The second-order valence-electron chi connectivity index (χ2n) is 3.77. The number of hydrogen-bond acceptors (Lipinski definition) is 3. The molecule has 1 N–H and O–H groups in total. The summed E-state index contributed by atoms with van der Waals surface area (Å²) < 4.78 is 5.00. The Hall–Kier alpha value is -0.610. The van der Waals surface area contributed by atoms with Gasteiger partial charge in [-0.05, 0) is 26.8 Å². The van der Waals surface area contributed by atoms with Crippen LogP contribution in [0.1, 0.15) is 19.8 Å². The molecule has 1 aliphatic rings. The molecular weight excluding hydrogens is 180 g/mol. The van der Waals surface area contributed by atoms with E-state index in [0.717, 1.165) is 12.8 Å². The van der Waals surface area contributed by atoms with Gasteiger partial charge < -0.3 is 15.0 Å². The molecule has 0 saturated heterocycles. The van der Waals surface area contributed by atoms with Gasteiger partial charge in [0.15, 0.2) is 0 Å². The van der Waals surface area contributed by atoms with E-state index in [-0.39, 0.29) is 11.9 Å². The van der Waals surface area contributed by atoms with Gasteiger partial charge in [0.1, 0.15) is 0 Å². The summed E-state index contributed by atoms with van der Waals surface area (Å²) in [7, 11) is 3.47. The lowest BCUT2D eigenvalue weighted by Gasteiger charge is -2.25. The lowest BCUT2D eigenvalue weighted by molar-refractivity contribution is -0.134. The normalized spacial score (nSPS) is 17.9. The predicted molar refractivity (Wildman–Crippen MR) is 55.1 cm³/mol. The molecule has 0 aliphatic heterocycles. The Morgan fingerprint density at radius 2 is 2.29 bits per heavy atom. The third-order valence-corrected chi connectivity index (χ3v) is 2.61. The first-order chi connectivity index (χ1) is 6.70. The molecule has 0 spiro atoms. The monoisotopic (exact) mass is 200 g/mol. The Balaban J connectivity index is 2.44. The molecule has 0 aromatic heterocycles. The van der Waals surface area contributed by atoms with E-state index >= 15 is 0 Å². The van der Waals surface area contributed by atoms with Crippen LogP contribution < -0.4 is 5.32 Å². The van der Waals surface area contributed by atoms with Gasteiger partial charge in [-0.3, -0.25) is 4.79 Å². The number of nitrogens with one attached hydrogen (secondary N) is 1. The lowest BCUT2D eigenvalue weighted by atomic mass is 10.3. The van der Waals surface area contributed by atoms with Crippen molar-refractivity contribution in [1.82, 2.24) is 10.2 Å². The molecule has 0 bridgehead atoms. The number of methoxy groups -OCH3 is 1. The van der Waals surface area contributed by atoms with Gasteiger partial charge in [-0.2, -0.15) is 0 Å². The summed E-state index contributed by atoms with van der Waals surface area (Å²) in [5.74, 6) is 0.187. The number of rotatable bonds is 6. The van der Waals surface area contributed by atoms with Crippen LogP contribution in [0.15, 0.2) is 0 Å². The van der Waals surface area contributed by atoms with Crippen molar-refractivity contribution in [3.05, 3.63) is 0 Å². The molecule has 0 radical (unpaired) electrons. The molecule has 14 heavy (non-hydrogen) atoms. The summed E-state index contributed by atoms with van der Waals surface area (Å²) in [5, 5.41) is 2.97. The highest BCUT2D eigenvalue weighted by atomic mass is 16.5. The maximum absolute atomic E-state index is 11.9. The van der Waals surface area contributed by atoms with Crippen molar-refractivity contribution >= 4 is 5.91 Å². The maximum atomic E-state index is 11.9. The summed E-state index contributed by atoms with van der Waals surface area (Å²) >= 11 is 0. The highest BCUT2D eigenvalue weighted by Gasteiger charge is 2.33. The van der Waals surface area contributed by atoms with E-state index in [1.807, 2.05) is 18.9 Å². The summed E-state index contributed by atoms with van der Waals surface area (Å²) in [6.45, 7) is 3.23. The Morgan fingerprint density at radius 1 is 1.64 bits per heavy atom. The third kappa shape index (κ3) is 2.96. The lowest BCUT2D eigenvalue weighted by Crippen LogP contribution is -2.45. The van der Waals surface area contributed by atoms with Crippen molar-refractivity contribution in [2.24, 2.45) is 0 Å². The summed E-state index contributed by atoms with van der Waals surface area (Å²) in [6.07, 6.45) is 2.29. The zero-order valence-electron chi connectivity index (χ0n) is 9.25. The van der Waals surface area contributed by atoms with Crippen LogP contribution >= 0.6 is 0 Å². The number of hydrogen-bond donors (Lipinski definition) is 1. The zero-order valence-corrected chi connectivity index (χ0v) is 9.25. The van der Waals surface area contributed by atoms with Gasteiger partial charge in [0.25, 0.3) is 0 Å². The predicted octanol–water partition coefficient (Wildman–Crippen LogP) is 0.232. The quantitative estimate of drug-likeness (QED) is 0.667. The summed E-state index contributed by atoms with van der Waals surface area (Å²) in [6, 6.07) is 0.376. The smallest absolute Gasteiger partial charge is 0.239 e. The minimum atomic E-state index is -0.0903. The van der Waals surface area contributed by atoms with E-state index in [1.54, 1.807) is 7.11 Å². The van der Waals surface area contributed by atoms with E-state index in [9.17, 15) is 4.79 Å². The molecule has 4 heteroatoms. The van der Waals surface area contributed by atoms with E-state index in [2.05, 4.69) is 5.32 Å². The first kappa shape index (κ1) is 11.5. The van der Waals surface area contributed by atoms with Gasteiger partial charge in [0.2, 0.25) is 5.91 Å². The van der Waals surface area contributed by atoms with Gasteiger partial charge in [-0.1, -0.05) is 0 Å². The topological polar surface area (TPSA) is 41.6 Å². The molecule has 0 aromatic rings. The van der Waals surface area contributed by atoms with E-state index in [1.165, 1.54) is 0 Å². The number of carbonyl (C=O) groups excluding carboxylic acids is 1. The Kier molecular flexibility index (Phi) is 4.35. The van der Waals surface area contributed by atoms with Gasteiger partial charge in [0.05, 0.1) is 12.6 Å².